The van der Waals surface area contributed by atoms with E-state index < -0.39 is 0 Å². The fourth-order valence-electron chi connectivity index (χ4n) is 5.69. The van der Waals surface area contributed by atoms with Gasteiger partial charge in [-0.3, -0.25) is 0 Å². The van der Waals surface area contributed by atoms with Gasteiger partial charge >= 0.3 is 0 Å². The first kappa shape index (κ1) is 14.0. The summed E-state index contributed by atoms with van der Waals surface area (Å²) in [5.41, 5.74) is 0.551. The molecule has 3 aliphatic carbocycles. The Balaban J connectivity index is 1.45. The van der Waals surface area contributed by atoms with E-state index in [0.29, 0.717) is 5.41 Å². The summed E-state index contributed by atoms with van der Waals surface area (Å²) >= 11 is 0. The maximum absolute atomic E-state index is 2.47. The molecule has 19 heavy (non-hydrogen) atoms. The van der Waals surface area contributed by atoms with Crippen molar-refractivity contribution in [3.63, 3.8) is 0 Å². The topological polar surface area (TPSA) is 0 Å². The van der Waals surface area contributed by atoms with Crippen LogP contribution in [-0.4, -0.2) is 0 Å². The smallest absolute Gasteiger partial charge is 0.0334 e. The van der Waals surface area contributed by atoms with E-state index in [9.17, 15) is 0 Å². The van der Waals surface area contributed by atoms with Crippen LogP contribution in [0.25, 0.3) is 0 Å². The zero-order chi connectivity index (χ0) is 13.6. The minimum Gasteiger partial charge on any atom is -0.0625 e. The molecule has 2 unspecified atom stereocenters. The third kappa shape index (κ3) is 2.88. The van der Waals surface area contributed by atoms with E-state index in [1.54, 1.807) is 25.7 Å². The molecule has 3 rings (SSSR count). The molecule has 0 heteroatoms. The average Bonchev–Trinajstić information content (AvgIpc) is 2.67. The van der Waals surface area contributed by atoms with Crippen molar-refractivity contribution in [2.24, 2.45) is 40.9 Å². The normalized spacial score (nSPS) is 46.7. The van der Waals surface area contributed by atoms with Gasteiger partial charge in [-0.05, 0) is 85.9 Å². The summed E-state index contributed by atoms with van der Waals surface area (Å²) in [6, 6.07) is 0. The molecule has 0 saturated heterocycles. The average molecular weight is 262 g/mol. The molecule has 0 nitrogen and oxygen atoms in total. The molecular formula is C19H34. The lowest BCUT2D eigenvalue weighted by molar-refractivity contribution is 0.0334. The summed E-state index contributed by atoms with van der Waals surface area (Å²) in [4.78, 5) is 0. The van der Waals surface area contributed by atoms with Crippen molar-refractivity contribution in [1.82, 2.24) is 0 Å². The molecule has 2 atom stereocenters. The van der Waals surface area contributed by atoms with Gasteiger partial charge in [-0.25, -0.2) is 0 Å². The number of hydrogen-bond donors (Lipinski definition) is 0. The third-order valence-electron chi connectivity index (χ3n) is 6.70. The Morgan fingerprint density at radius 2 is 1.53 bits per heavy atom. The highest BCUT2D eigenvalue weighted by molar-refractivity contribution is 4.95. The van der Waals surface area contributed by atoms with Crippen LogP contribution in [0.3, 0.4) is 0 Å². The van der Waals surface area contributed by atoms with Gasteiger partial charge in [0.15, 0.2) is 0 Å². The minimum absolute atomic E-state index is 0.551. The lowest BCUT2D eigenvalue weighted by Crippen LogP contribution is -2.37. The molecule has 110 valence electrons. The van der Waals surface area contributed by atoms with Gasteiger partial charge in [-0.1, -0.05) is 34.1 Å². The Kier molecular flexibility index (Phi) is 3.73. The molecule has 0 aromatic heterocycles. The molecule has 0 spiro atoms. The van der Waals surface area contributed by atoms with E-state index >= 15 is 0 Å². The second-order valence-electron chi connectivity index (χ2n) is 9.34. The summed E-state index contributed by atoms with van der Waals surface area (Å²) < 4.78 is 0. The molecule has 0 aliphatic heterocycles. The summed E-state index contributed by atoms with van der Waals surface area (Å²) in [5, 5.41) is 0. The van der Waals surface area contributed by atoms with E-state index in [1.807, 2.05) is 0 Å². The molecule has 3 saturated carbocycles. The number of hydrogen-bond acceptors (Lipinski definition) is 0. The van der Waals surface area contributed by atoms with Crippen molar-refractivity contribution in [3.8, 4) is 0 Å². The second-order valence-corrected chi connectivity index (χ2v) is 9.34. The first-order valence-electron chi connectivity index (χ1n) is 8.93. The van der Waals surface area contributed by atoms with Crippen molar-refractivity contribution in [2.75, 3.05) is 0 Å². The van der Waals surface area contributed by atoms with Gasteiger partial charge in [-0.2, -0.15) is 0 Å². The Hall–Kier alpha value is 0. The Labute approximate surface area is 120 Å². The molecule has 0 aromatic carbocycles. The van der Waals surface area contributed by atoms with Gasteiger partial charge in [0.1, 0.15) is 0 Å². The van der Waals surface area contributed by atoms with Crippen LogP contribution in [0.4, 0.5) is 0 Å². The van der Waals surface area contributed by atoms with Gasteiger partial charge in [0.05, 0.1) is 0 Å². The van der Waals surface area contributed by atoms with E-state index in [0.717, 1.165) is 35.5 Å². The predicted molar refractivity (Wildman–Crippen MR) is 83.0 cm³/mol. The first-order valence-corrected chi connectivity index (χ1v) is 8.93. The van der Waals surface area contributed by atoms with Crippen molar-refractivity contribution >= 4 is 0 Å². The maximum atomic E-state index is 2.47. The van der Waals surface area contributed by atoms with E-state index in [1.165, 1.54) is 25.7 Å². The van der Waals surface area contributed by atoms with Crippen molar-refractivity contribution in [2.45, 2.75) is 79.1 Å². The molecular weight excluding hydrogens is 228 g/mol. The molecule has 0 aromatic rings. The summed E-state index contributed by atoms with van der Waals surface area (Å²) in [6.07, 6.45) is 12.4. The summed E-state index contributed by atoms with van der Waals surface area (Å²) in [7, 11) is 0. The van der Waals surface area contributed by atoms with Crippen LogP contribution in [0.5, 0.6) is 0 Å². The lowest BCUT2D eigenvalue weighted by Gasteiger charge is -2.47. The molecule has 0 amide bonds. The van der Waals surface area contributed by atoms with E-state index in [-0.39, 0.29) is 0 Å². The van der Waals surface area contributed by atoms with Crippen LogP contribution in [0, 0.1) is 40.9 Å². The molecule has 0 N–H and O–H groups in total. The third-order valence-corrected chi connectivity index (χ3v) is 6.70. The first-order chi connectivity index (χ1) is 8.93. The lowest BCUT2D eigenvalue weighted by atomic mass is 9.59. The fraction of sp³-hybridized carbons (Fsp3) is 1.00. The quantitative estimate of drug-likeness (QED) is 0.593. The molecule has 3 aliphatic rings. The fourth-order valence-corrected chi connectivity index (χ4v) is 5.69. The zero-order valence-electron chi connectivity index (χ0n) is 13.6. The summed E-state index contributed by atoms with van der Waals surface area (Å²) in [6.45, 7) is 9.85. The zero-order valence-corrected chi connectivity index (χ0v) is 13.6. The van der Waals surface area contributed by atoms with Crippen LogP contribution in [0.2, 0.25) is 0 Å². The summed E-state index contributed by atoms with van der Waals surface area (Å²) in [5.74, 6) is 6.47. The van der Waals surface area contributed by atoms with E-state index in [4.69, 9.17) is 0 Å². The van der Waals surface area contributed by atoms with Gasteiger partial charge in [0.2, 0.25) is 0 Å². The molecule has 0 radical (unpaired) electrons. The predicted octanol–water partition coefficient (Wildman–Crippen LogP) is 5.91. The SMILES string of the molecule is CC1CC(CC2CC(C3CCCC3C(C)(C)C)C2)C1. The molecule has 0 bridgehead atoms. The highest BCUT2D eigenvalue weighted by atomic mass is 14.5. The monoisotopic (exact) mass is 262 g/mol. The highest BCUT2D eigenvalue weighted by Crippen LogP contribution is 2.54. The van der Waals surface area contributed by atoms with Crippen LogP contribution >= 0.6 is 0 Å². The number of rotatable bonds is 3. The Morgan fingerprint density at radius 3 is 2.11 bits per heavy atom. The standard InChI is InChI=1S/C19H34/c1-13-8-14(9-13)10-15-11-16(12-15)17-6-5-7-18(17)19(2,3)4/h13-18H,5-12H2,1-4H3. The van der Waals surface area contributed by atoms with Gasteiger partial charge < -0.3 is 0 Å². The maximum Gasteiger partial charge on any atom is -0.0334 e. The van der Waals surface area contributed by atoms with Gasteiger partial charge in [-0.15, -0.1) is 0 Å². The van der Waals surface area contributed by atoms with Gasteiger partial charge in [0.25, 0.3) is 0 Å². The molecule has 3 fully saturated rings. The van der Waals surface area contributed by atoms with Crippen LogP contribution in [0.1, 0.15) is 79.1 Å². The van der Waals surface area contributed by atoms with E-state index in [2.05, 4.69) is 27.7 Å². The minimum atomic E-state index is 0.551. The van der Waals surface area contributed by atoms with Gasteiger partial charge in [0, 0.05) is 0 Å². The van der Waals surface area contributed by atoms with Crippen molar-refractivity contribution in [1.29, 1.82) is 0 Å². The van der Waals surface area contributed by atoms with Crippen LogP contribution in [0.15, 0.2) is 0 Å². The van der Waals surface area contributed by atoms with Crippen molar-refractivity contribution < 1.29 is 0 Å². The molecule has 0 heterocycles. The Morgan fingerprint density at radius 1 is 0.895 bits per heavy atom. The van der Waals surface area contributed by atoms with Crippen LogP contribution < -0.4 is 0 Å². The largest absolute Gasteiger partial charge is 0.0625 e. The second kappa shape index (κ2) is 5.08. The van der Waals surface area contributed by atoms with Crippen LogP contribution in [-0.2, 0) is 0 Å². The Bertz CT molecular complexity index is 298. The van der Waals surface area contributed by atoms with Crippen molar-refractivity contribution in [3.05, 3.63) is 0 Å². The highest BCUT2D eigenvalue weighted by Gasteiger charge is 2.45.